The van der Waals surface area contributed by atoms with Crippen LogP contribution in [-0.4, -0.2) is 20.9 Å². The van der Waals surface area contributed by atoms with Gasteiger partial charge in [0.1, 0.15) is 11.6 Å². The number of nitrogens with one attached hydrogen (secondary N) is 1. The van der Waals surface area contributed by atoms with E-state index in [1.165, 1.54) is 17.1 Å². The van der Waals surface area contributed by atoms with Gasteiger partial charge in [0, 0.05) is 24.9 Å². The molecule has 0 saturated carbocycles. The average Bonchev–Trinajstić information content (AvgIpc) is 2.91. The minimum Gasteiger partial charge on any atom is -0.370 e. The second-order valence-corrected chi connectivity index (χ2v) is 6.07. The van der Waals surface area contributed by atoms with Gasteiger partial charge in [0.2, 0.25) is 0 Å². The first kappa shape index (κ1) is 14.3. The van der Waals surface area contributed by atoms with Crippen molar-refractivity contribution in [1.29, 1.82) is 0 Å². The molecule has 0 spiro atoms. The van der Waals surface area contributed by atoms with Crippen molar-refractivity contribution in [2.45, 2.75) is 36.8 Å². The first-order valence-corrected chi connectivity index (χ1v) is 8.22. The van der Waals surface area contributed by atoms with E-state index in [1.54, 1.807) is 11.8 Å². The Kier molecular flexibility index (Phi) is 5.60. The normalized spacial score (nSPS) is 10.6. The van der Waals surface area contributed by atoms with E-state index >= 15 is 0 Å². The van der Waals surface area contributed by atoms with Crippen LogP contribution in [0.3, 0.4) is 0 Å². The second-order valence-electron chi connectivity index (χ2n) is 4.09. The fraction of sp³-hybridized carbons (Fsp3) is 0.462. The van der Waals surface area contributed by atoms with E-state index in [0.29, 0.717) is 0 Å². The van der Waals surface area contributed by atoms with Crippen molar-refractivity contribution in [2.24, 2.45) is 0 Å². The molecule has 102 valence electrons. The van der Waals surface area contributed by atoms with Crippen molar-refractivity contribution in [1.82, 2.24) is 14.3 Å². The Labute approximate surface area is 122 Å². The van der Waals surface area contributed by atoms with Gasteiger partial charge in [0.15, 0.2) is 4.34 Å². The molecule has 4 nitrogen and oxygen atoms in total. The number of hydrogen-bond acceptors (Lipinski definition) is 6. The van der Waals surface area contributed by atoms with Gasteiger partial charge in [-0.2, -0.15) is 4.37 Å². The SMILES string of the molecule is CCCNc1cc(CSc2nc(CC)ns2)ccn1. The lowest BCUT2D eigenvalue weighted by atomic mass is 10.3. The van der Waals surface area contributed by atoms with Gasteiger partial charge in [0.25, 0.3) is 0 Å². The summed E-state index contributed by atoms with van der Waals surface area (Å²) >= 11 is 3.21. The number of pyridine rings is 1. The first-order valence-electron chi connectivity index (χ1n) is 6.46. The van der Waals surface area contributed by atoms with E-state index in [1.807, 2.05) is 12.3 Å². The van der Waals surface area contributed by atoms with Crippen LogP contribution in [0.2, 0.25) is 0 Å². The summed E-state index contributed by atoms with van der Waals surface area (Å²) in [6, 6.07) is 4.15. The van der Waals surface area contributed by atoms with Crippen molar-refractivity contribution in [3.63, 3.8) is 0 Å². The first-order chi connectivity index (χ1) is 9.31. The van der Waals surface area contributed by atoms with E-state index in [0.717, 1.165) is 41.1 Å². The zero-order valence-corrected chi connectivity index (χ0v) is 12.9. The quantitative estimate of drug-likeness (QED) is 0.791. The molecule has 19 heavy (non-hydrogen) atoms. The molecule has 2 aromatic rings. The fourth-order valence-electron chi connectivity index (χ4n) is 1.50. The molecule has 2 rings (SSSR count). The predicted octanol–water partition coefficient (Wildman–Crippen LogP) is 3.61. The summed E-state index contributed by atoms with van der Waals surface area (Å²) < 4.78 is 5.33. The van der Waals surface area contributed by atoms with Crippen LogP contribution in [0, 0.1) is 0 Å². The minimum atomic E-state index is 0.900. The van der Waals surface area contributed by atoms with Gasteiger partial charge >= 0.3 is 0 Å². The number of aryl methyl sites for hydroxylation is 1. The number of aromatic nitrogens is 3. The molecule has 2 heterocycles. The van der Waals surface area contributed by atoms with E-state index in [2.05, 4.69) is 39.6 Å². The average molecular weight is 294 g/mol. The third-order valence-electron chi connectivity index (χ3n) is 2.51. The van der Waals surface area contributed by atoms with Gasteiger partial charge in [-0.1, -0.05) is 25.6 Å². The van der Waals surface area contributed by atoms with Gasteiger partial charge in [-0.15, -0.1) is 0 Å². The second kappa shape index (κ2) is 7.45. The Morgan fingerprint density at radius 2 is 2.26 bits per heavy atom. The molecule has 0 amide bonds. The largest absolute Gasteiger partial charge is 0.370 e. The third kappa shape index (κ3) is 4.47. The molecule has 0 aliphatic rings. The van der Waals surface area contributed by atoms with Crippen LogP contribution in [0.1, 0.15) is 31.7 Å². The molecule has 1 N–H and O–H groups in total. The molecule has 0 aromatic carbocycles. The molecule has 0 aliphatic carbocycles. The molecule has 0 saturated heterocycles. The Hall–Kier alpha value is -1.14. The maximum Gasteiger partial charge on any atom is 0.170 e. The van der Waals surface area contributed by atoms with Crippen LogP contribution in [0.25, 0.3) is 0 Å². The van der Waals surface area contributed by atoms with E-state index in [4.69, 9.17) is 0 Å². The lowest BCUT2D eigenvalue weighted by molar-refractivity contribution is 0.967. The maximum atomic E-state index is 4.45. The van der Waals surface area contributed by atoms with Gasteiger partial charge in [-0.05, 0) is 35.6 Å². The lowest BCUT2D eigenvalue weighted by Gasteiger charge is -2.05. The highest BCUT2D eigenvalue weighted by atomic mass is 32.2. The molecule has 0 fully saturated rings. The van der Waals surface area contributed by atoms with Crippen LogP contribution in [0.5, 0.6) is 0 Å². The zero-order chi connectivity index (χ0) is 13.5. The molecular weight excluding hydrogens is 276 g/mol. The summed E-state index contributed by atoms with van der Waals surface area (Å²) in [5.41, 5.74) is 1.26. The summed E-state index contributed by atoms with van der Waals surface area (Å²) in [7, 11) is 0. The molecule has 0 bridgehead atoms. The van der Waals surface area contributed by atoms with Crippen LogP contribution in [0.15, 0.2) is 22.7 Å². The monoisotopic (exact) mass is 294 g/mol. The molecule has 0 aliphatic heterocycles. The summed E-state index contributed by atoms with van der Waals surface area (Å²) in [5, 5.41) is 3.30. The van der Waals surface area contributed by atoms with Crippen molar-refractivity contribution >= 4 is 29.1 Å². The van der Waals surface area contributed by atoms with Gasteiger partial charge in [-0.3, -0.25) is 0 Å². The molecule has 0 unspecified atom stereocenters. The van der Waals surface area contributed by atoms with E-state index in [9.17, 15) is 0 Å². The Morgan fingerprint density at radius 3 is 3.00 bits per heavy atom. The summed E-state index contributed by atoms with van der Waals surface area (Å²) in [6.45, 7) is 5.18. The highest BCUT2D eigenvalue weighted by Gasteiger charge is 2.04. The molecule has 0 radical (unpaired) electrons. The van der Waals surface area contributed by atoms with E-state index < -0.39 is 0 Å². The Bertz CT molecular complexity index is 513. The van der Waals surface area contributed by atoms with Crippen LogP contribution in [-0.2, 0) is 12.2 Å². The van der Waals surface area contributed by atoms with Crippen LogP contribution in [0.4, 0.5) is 5.82 Å². The summed E-state index contributed by atoms with van der Waals surface area (Å²) in [4.78, 5) is 8.76. The van der Waals surface area contributed by atoms with Crippen molar-refractivity contribution in [2.75, 3.05) is 11.9 Å². The van der Waals surface area contributed by atoms with Crippen LogP contribution >= 0.6 is 23.3 Å². The van der Waals surface area contributed by atoms with Gasteiger partial charge in [0.05, 0.1) is 0 Å². The van der Waals surface area contributed by atoms with E-state index in [-0.39, 0.29) is 0 Å². The molecule has 6 heteroatoms. The highest BCUT2D eigenvalue weighted by Crippen LogP contribution is 2.25. The van der Waals surface area contributed by atoms with Gasteiger partial charge < -0.3 is 5.32 Å². The lowest BCUT2D eigenvalue weighted by Crippen LogP contribution is -2.01. The molecule has 2 aromatic heterocycles. The third-order valence-corrected chi connectivity index (χ3v) is 4.45. The molecular formula is C13H18N4S2. The fourth-order valence-corrected chi connectivity index (χ4v) is 3.14. The van der Waals surface area contributed by atoms with Crippen molar-refractivity contribution in [3.05, 3.63) is 29.7 Å². The maximum absolute atomic E-state index is 4.45. The standard InChI is InChI=1S/C13H18N4S2/c1-3-6-14-12-8-10(5-7-15-12)9-18-13-16-11(4-2)17-19-13/h5,7-8H,3-4,6,9H2,1-2H3,(H,14,15). The number of nitrogens with zero attached hydrogens (tertiary/aromatic N) is 3. The number of rotatable bonds is 7. The topological polar surface area (TPSA) is 50.7 Å². The number of thioether (sulfide) groups is 1. The zero-order valence-electron chi connectivity index (χ0n) is 11.2. The van der Waals surface area contributed by atoms with Crippen LogP contribution < -0.4 is 5.32 Å². The summed E-state index contributed by atoms with van der Waals surface area (Å²) in [6.07, 6.45) is 3.86. The highest BCUT2D eigenvalue weighted by molar-refractivity contribution is 8.00. The van der Waals surface area contributed by atoms with Crippen molar-refractivity contribution in [3.8, 4) is 0 Å². The van der Waals surface area contributed by atoms with Gasteiger partial charge in [-0.25, -0.2) is 9.97 Å². The Morgan fingerprint density at radius 1 is 1.37 bits per heavy atom. The minimum absolute atomic E-state index is 0.900. The summed E-state index contributed by atoms with van der Waals surface area (Å²) in [5.74, 6) is 2.79. The number of anilines is 1. The van der Waals surface area contributed by atoms with Crippen molar-refractivity contribution < 1.29 is 0 Å². The Balaban J connectivity index is 1.91. The molecule has 0 atom stereocenters. The predicted molar refractivity (Wildman–Crippen MR) is 81.9 cm³/mol. The smallest absolute Gasteiger partial charge is 0.170 e. The number of hydrogen-bond donors (Lipinski definition) is 1.